The van der Waals surface area contributed by atoms with Crippen molar-refractivity contribution in [3.63, 3.8) is 0 Å². The van der Waals surface area contributed by atoms with Crippen LogP contribution in [-0.2, 0) is 35.1 Å². The first kappa shape index (κ1) is 46.8. The van der Waals surface area contributed by atoms with Crippen LogP contribution in [0.3, 0.4) is 0 Å². The first-order valence-corrected chi connectivity index (χ1v) is 21.4. The summed E-state index contributed by atoms with van der Waals surface area (Å²) in [6.07, 6.45) is -8.24. The maximum absolute atomic E-state index is 14.1. The zero-order valence-electron chi connectivity index (χ0n) is 36.9. The Morgan fingerprint density at radius 3 is 1.57 bits per heavy atom. The molecule has 0 amide bonds. The molecule has 7 aromatic rings. The zero-order chi connectivity index (χ0) is 48.3. The summed E-state index contributed by atoms with van der Waals surface area (Å²) < 4.78 is 59.3. The quantitative estimate of drug-likeness (QED) is 0.0513. The van der Waals surface area contributed by atoms with Gasteiger partial charge in [-0.3, -0.25) is 4.79 Å². The molecule has 0 aliphatic carbocycles. The maximum atomic E-state index is 14.1. The van der Waals surface area contributed by atoms with Crippen LogP contribution in [0.5, 0.6) is 23.0 Å². The van der Waals surface area contributed by atoms with Crippen LogP contribution in [0.15, 0.2) is 173 Å². The van der Waals surface area contributed by atoms with Crippen LogP contribution in [0.4, 0.5) is 0 Å². The van der Waals surface area contributed by atoms with Crippen molar-refractivity contribution in [3.8, 4) is 23.0 Å². The van der Waals surface area contributed by atoms with Crippen molar-refractivity contribution in [1.82, 2.24) is 0 Å². The van der Waals surface area contributed by atoms with E-state index in [2.05, 4.69) is 0 Å². The molecule has 8 rings (SSSR count). The van der Waals surface area contributed by atoms with Gasteiger partial charge in [0.25, 0.3) is 5.75 Å². The van der Waals surface area contributed by atoms with Crippen molar-refractivity contribution in [2.75, 3.05) is 13.7 Å². The topological polar surface area (TPSA) is 199 Å². The minimum atomic E-state index is -1.73. The summed E-state index contributed by atoms with van der Waals surface area (Å²) in [6, 6.07) is 43.0. The molecule has 1 fully saturated rings. The third-order valence-electron chi connectivity index (χ3n) is 10.6. The van der Waals surface area contributed by atoms with E-state index in [-0.39, 0.29) is 51.3 Å². The average Bonchev–Trinajstić information content (AvgIpc) is 3.38. The number of carbonyl (C=O) groups is 5. The summed E-state index contributed by atoms with van der Waals surface area (Å²) >= 11 is 0. The Balaban J connectivity index is 1.21. The number of benzene rings is 6. The summed E-state index contributed by atoms with van der Waals surface area (Å²) in [7, 11) is 1.53. The highest BCUT2D eigenvalue weighted by molar-refractivity contribution is 5.92. The molecule has 1 saturated heterocycles. The molecular formula is C53H42O16. The minimum Gasteiger partial charge on any atom is -0.497 e. The van der Waals surface area contributed by atoms with Crippen LogP contribution < -0.4 is 24.6 Å². The third-order valence-corrected chi connectivity index (χ3v) is 10.6. The van der Waals surface area contributed by atoms with E-state index in [4.69, 9.17) is 47.0 Å². The van der Waals surface area contributed by atoms with Crippen molar-refractivity contribution < 1.29 is 71.0 Å². The second-order valence-electron chi connectivity index (χ2n) is 15.3. The van der Waals surface area contributed by atoms with Crippen molar-refractivity contribution in [1.29, 1.82) is 0 Å². The Bertz CT molecular complexity index is 2980. The summed E-state index contributed by atoms with van der Waals surface area (Å²) in [4.78, 5) is 81.0. The molecule has 2 heterocycles. The fourth-order valence-electron chi connectivity index (χ4n) is 7.22. The lowest BCUT2D eigenvalue weighted by Crippen LogP contribution is -2.63. The summed E-state index contributed by atoms with van der Waals surface area (Å²) in [5.74, 6) is -4.29. The standard InChI is InChI=1S/C53H42O16/c1-32(54)63-46-43(61-30-33-23-25-38(60-2)26-24-33)40-28-27-39(29-41(40)65-52(46)59)64-53-47(69-51(58)37-21-13-6-14-22-37)45(68-50(57)36-19-11-5-12-20-36)44(67-49(56)35-17-9-4-10-18-35)42(66-53)31-62-48(55)34-15-7-3-8-16-34/h3-29,42,44-45,47,53H,30-31H2,1-2H3/t42-,44-,45+,47+,53+/m1/s1. The molecule has 1 aromatic heterocycles. The van der Waals surface area contributed by atoms with Gasteiger partial charge in [-0.2, -0.15) is 0 Å². The first-order chi connectivity index (χ1) is 33.5. The Morgan fingerprint density at radius 1 is 0.551 bits per heavy atom. The predicted molar refractivity (Wildman–Crippen MR) is 244 cm³/mol. The Hall–Kier alpha value is -8.76. The van der Waals surface area contributed by atoms with E-state index < -0.39 is 78.5 Å². The van der Waals surface area contributed by atoms with Gasteiger partial charge in [-0.1, -0.05) is 84.9 Å². The molecule has 0 unspecified atom stereocenters. The number of hydrogen-bond donors (Lipinski definition) is 0. The van der Waals surface area contributed by atoms with E-state index in [1.165, 1.54) is 73.8 Å². The van der Waals surface area contributed by atoms with E-state index in [1.54, 1.807) is 97.1 Å². The van der Waals surface area contributed by atoms with Gasteiger partial charge >= 0.3 is 35.5 Å². The second-order valence-corrected chi connectivity index (χ2v) is 15.3. The van der Waals surface area contributed by atoms with Crippen molar-refractivity contribution in [2.24, 2.45) is 0 Å². The fourth-order valence-corrected chi connectivity index (χ4v) is 7.22. The molecule has 6 aromatic carbocycles. The van der Waals surface area contributed by atoms with E-state index in [0.29, 0.717) is 11.3 Å². The van der Waals surface area contributed by atoms with Gasteiger partial charge in [-0.15, -0.1) is 0 Å². The second kappa shape index (κ2) is 21.7. The van der Waals surface area contributed by atoms with Crippen LogP contribution >= 0.6 is 0 Å². The van der Waals surface area contributed by atoms with Crippen LogP contribution in [0, 0.1) is 0 Å². The summed E-state index contributed by atoms with van der Waals surface area (Å²) in [6.45, 7) is 0.459. The lowest BCUT2D eigenvalue weighted by molar-refractivity contribution is -0.275. The monoisotopic (exact) mass is 934 g/mol. The van der Waals surface area contributed by atoms with Crippen molar-refractivity contribution in [3.05, 3.63) is 202 Å². The highest BCUT2D eigenvalue weighted by atomic mass is 16.7. The average molecular weight is 935 g/mol. The van der Waals surface area contributed by atoms with E-state index in [1.807, 2.05) is 0 Å². The molecule has 1 aliphatic rings. The summed E-state index contributed by atoms with van der Waals surface area (Å²) in [5, 5.41) is 0.191. The number of rotatable bonds is 16. The van der Waals surface area contributed by atoms with Crippen LogP contribution in [0.2, 0.25) is 0 Å². The van der Waals surface area contributed by atoms with E-state index in [9.17, 15) is 28.8 Å². The first-order valence-electron chi connectivity index (χ1n) is 21.4. The smallest absolute Gasteiger partial charge is 0.383 e. The highest BCUT2D eigenvalue weighted by Crippen LogP contribution is 2.38. The Morgan fingerprint density at radius 2 is 1.04 bits per heavy atom. The molecule has 16 heteroatoms. The molecule has 350 valence electrons. The molecule has 69 heavy (non-hydrogen) atoms. The predicted octanol–water partition coefficient (Wildman–Crippen LogP) is 7.94. The molecule has 0 spiro atoms. The van der Waals surface area contributed by atoms with Gasteiger partial charge in [0.1, 0.15) is 36.4 Å². The van der Waals surface area contributed by atoms with E-state index in [0.717, 1.165) is 6.92 Å². The largest absolute Gasteiger partial charge is 0.497 e. The third kappa shape index (κ3) is 11.4. The molecule has 0 N–H and O–H groups in total. The molecule has 1 aliphatic heterocycles. The molecule has 0 saturated carbocycles. The van der Waals surface area contributed by atoms with Crippen molar-refractivity contribution in [2.45, 2.75) is 44.2 Å². The number of methoxy groups -OCH3 is 1. The van der Waals surface area contributed by atoms with Gasteiger partial charge in [0.05, 0.1) is 34.7 Å². The maximum Gasteiger partial charge on any atom is 0.383 e. The number of carbonyl (C=O) groups excluding carboxylic acids is 5. The minimum absolute atomic E-state index is 0.0503. The highest BCUT2D eigenvalue weighted by Gasteiger charge is 2.54. The Labute approximate surface area is 393 Å². The summed E-state index contributed by atoms with van der Waals surface area (Å²) in [5.41, 5.74) is 0.0418. The molecule has 0 radical (unpaired) electrons. The Kier molecular flexibility index (Phi) is 14.7. The van der Waals surface area contributed by atoms with Crippen LogP contribution in [0.25, 0.3) is 11.0 Å². The van der Waals surface area contributed by atoms with Gasteiger partial charge in [0.2, 0.25) is 12.4 Å². The van der Waals surface area contributed by atoms with Gasteiger partial charge in [0.15, 0.2) is 18.0 Å². The lowest BCUT2D eigenvalue weighted by Gasteiger charge is -2.44. The zero-order valence-corrected chi connectivity index (χ0v) is 36.9. The normalized spacial score (nSPS) is 17.4. The fraction of sp³-hybridized carbons (Fsp3) is 0.170. The van der Waals surface area contributed by atoms with Gasteiger partial charge in [0, 0.05) is 13.0 Å². The van der Waals surface area contributed by atoms with Gasteiger partial charge in [-0.25, -0.2) is 24.0 Å². The lowest BCUT2D eigenvalue weighted by atomic mass is 9.97. The molecule has 5 atom stereocenters. The van der Waals surface area contributed by atoms with Gasteiger partial charge in [-0.05, 0) is 78.4 Å². The molecular weight excluding hydrogens is 893 g/mol. The van der Waals surface area contributed by atoms with Gasteiger partial charge < -0.3 is 47.0 Å². The van der Waals surface area contributed by atoms with E-state index >= 15 is 0 Å². The number of fused-ring (bicyclic) bond motifs is 1. The number of ether oxygens (including phenoxy) is 9. The molecule has 16 nitrogen and oxygen atoms in total. The number of hydrogen-bond acceptors (Lipinski definition) is 16. The van der Waals surface area contributed by atoms with Crippen LogP contribution in [0.1, 0.15) is 53.9 Å². The SMILES string of the molecule is COc1ccc(COc2c(OC(C)=O)c(=O)oc3cc(O[C@H]4O[C@H](COC(=O)c5ccccc5)[C@@H](OC(=O)c5ccccc5)[C@H](OC(=O)c5ccccc5)[C@@H]4OC(=O)c4ccccc4)ccc23)cc1. The van der Waals surface area contributed by atoms with Crippen LogP contribution in [-0.4, -0.2) is 74.3 Å². The number of esters is 5. The van der Waals surface area contributed by atoms with Crippen molar-refractivity contribution >= 4 is 40.8 Å². The molecule has 0 bridgehead atoms.